The first-order valence-electron chi connectivity index (χ1n) is 5.36. The largest absolute Gasteiger partial charge is 0.381 e. The normalized spacial score (nSPS) is 11.1. The Morgan fingerprint density at radius 1 is 1.39 bits per heavy atom. The summed E-state index contributed by atoms with van der Waals surface area (Å²) in [5.74, 6) is 0.656. The van der Waals surface area contributed by atoms with Crippen LogP contribution in [0.2, 0.25) is 0 Å². The lowest BCUT2D eigenvalue weighted by Gasteiger charge is -2.09. The number of aromatic nitrogens is 2. The third kappa shape index (κ3) is 2.94. The second-order valence-electron chi connectivity index (χ2n) is 4.39. The molecule has 98 valence electrons. The summed E-state index contributed by atoms with van der Waals surface area (Å²) < 4.78 is 5.01. The lowest BCUT2D eigenvalue weighted by molar-refractivity contribution is 0.0420. The van der Waals surface area contributed by atoms with Crippen LogP contribution in [0, 0.1) is 0 Å². The van der Waals surface area contributed by atoms with E-state index in [9.17, 15) is 5.11 Å². The molecule has 1 aromatic carbocycles. The van der Waals surface area contributed by atoms with Crippen molar-refractivity contribution in [2.24, 2.45) is 5.73 Å². The topological polar surface area (TPSA) is 85.2 Å². The summed E-state index contributed by atoms with van der Waals surface area (Å²) in [6, 6.07) is 7.59. The van der Waals surface area contributed by atoms with Crippen LogP contribution in [0.3, 0.4) is 0 Å². The molecular formula is C13H19N3O2. The number of nitrogens with zero attached hydrogens (tertiary/aromatic N) is 2. The Morgan fingerprint density at radius 2 is 2.11 bits per heavy atom. The van der Waals surface area contributed by atoms with Crippen LogP contribution >= 0.6 is 0 Å². The van der Waals surface area contributed by atoms with Crippen molar-refractivity contribution < 1.29 is 9.63 Å². The van der Waals surface area contributed by atoms with E-state index in [0.717, 1.165) is 11.1 Å². The van der Waals surface area contributed by atoms with E-state index in [4.69, 9.17) is 10.3 Å². The molecule has 0 aliphatic carbocycles. The minimum absolute atomic E-state index is 0. The van der Waals surface area contributed by atoms with E-state index < -0.39 is 5.60 Å². The van der Waals surface area contributed by atoms with Crippen LogP contribution in [0.1, 0.15) is 32.7 Å². The maximum Gasteiger partial charge on any atom is 0.258 e. The number of benzene rings is 1. The van der Waals surface area contributed by atoms with E-state index in [-0.39, 0.29) is 13.3 Å². The first kappa shape index (κ1) is 14.3. The van der Waals surface area contributed by atoms with Gasteiger partial charge in [0.25, 0.3) is 5.89 Å². The molecule has 5 heteroatoms. The van der Waals surface area contributed by atoms with Gasteiger partial charge in [0.1, 0.15) is 5.60 Å². The van der Waals surface area contributed by atoms with E-state index in [0.29, 0.717) is 12.4 Å². The average Bonchev–Trinajstić information content (AvgIpc) is 2.78. The van der Waals surface area contributed by atoms with E-state index in [1.807, 2.05) is 24.3 Å². The van der Waals surface area contributed by atoms with Crippen molar-refractivity contribution in [3.63, 3.8) is 0 Å². The average molecular weight is 249 g/mol. The standard InChI is InChI=1S/C12H15N3O2.CH4/c1-12(2,16)11-14-10(15-17-11)9-5-3-4-8(6-9)7-13;/h3-6,16H,7,13H2,1-2H3;1H4. The Kier molecular flexibility index (Phi) is 4.21. The molecule has 2 aromatic rings. The smallest absolute Gasteiger partial charge is 0.258 e. The number of hydrogen-bond donors (Lipinski definition) is 2. The number of rotatable bonds is 3. The van der Waals surface area contributed by atoms with Crippen molar-refractivity contribution in [2.45, 2.75) is 33.4 Å². The fourth-order valence-corrected chi connectivity index (χ4v) is 1.43. The highest BCUT2D eigenvalue weighted by Crippen LogP contribution is 2.22. The van der Waals surface area contributed by atoms with E-state index >= 15 is 0 Å². The first-order chi connectivity index (χ1) is 8.00. The Bertz CT molecular complexity index is 515. The van der Waals surface area contributed by atoms with Crippen molar-refractivity contribution in [1.29, 1.82) is 0 Å². The summed E-state index contributed by atoms with van der Waals surface area (Å²) in [6.45, 7) is 3.66. The van der Waals surface area contributed by atoms with Gasteiger partial charge in [0.05, 0.1) is 0 Å². The zero-order valence-corrected chi connectivity index (χ0v) is 9.84. The van der Waals surface area contributed by atoms with Gasteiger partial charge < -0.3 is 15.4 Å². The Hall–Kier alpha value is -1.72. The lowest BCUT2D eigenvalue weighted by atomic mass is 10.1. The molecule has 18 heavy (non-hydrogen) atoms. The molecule has 0 aliphatic rings. The summed E-state index contributed by atoms with van der Waals surface area (Å²) in [5.41, 5.74) is 6.26. The van der Waals surface area contributed by atoms with Crippen LogP contribution < -0.4 is 5.73 Å². The first-order valence-corrected chi connectivity index (χ1v) is 5.36. The zero-order valence-electron chi connectivity index (χ0n) is 9.84. The van der Waals surface area contributed by atoms with Crippen LogP contribution in [0.15, 0.2) is 28.8 Å². The van der Waals surface area contributed by atoms with Gasteiger partial charge in [-0.3, -0.25) is 0 Å². The minimum atomic E-state index is -1.13. The van der Waals surface area contributed by atoms with Crippen molar-refractivity contribution in [2.75, 3.05) is 0 Å². The summed E-state index contributed by atoms with van der Waals surface area (Å²) >= 11 is 0. The van der Waals surface area contributed by atoms with Gasteiger partial charge in [-0.15, -0.1) is 0 Å². The van der Waals surface area contributed by atoms with Gasteiger partial charge >= 0.3 is 0 Å². The maximum absolute atomic E-state index is 9.73. The summed E-state index contributed by atoms with van der Waals surface area (Å²) in [7, 11) is 0. The molecule has 0 spiro atoms. The maximum atomic E-state index is 9.73. The van der Waals surface area contributed by atoms with Gasteiger partial charge in [0, 0.05) is 12.1 Å². The number of hydrogen-bond acceptors (Lipinski definition) is 5. The van der Waals surface area contributed by atoms with Crippen LogP contribution in [-0.4, -0.2) is 15.2 Å². The second-order valence-corrected chi connectivity index (χ2v) is 4.39. The fourth-order valence-electron chi connectivity index (χ4n) is 1.43. The molecular weight excluding hydrogens is 230 g/mol. The molecule has 0 fully saturated rings. The van der Waals surface area contributed by atoms with Gasteiger partial charge in [-0.1, -0.05) is 30.8 Å². The highest BCUT2D eigenvalue weighted by molar-refractivity contribution is 5.55. The SMILES string of the molecule is C.CC(C)(O)c1nc(-c2cccc(CN)c2)no1. The van der Waals surface area contributed by atoms with E-state index in [2.05, 4.69) is 10.1 Å². The molecule has 0 saturated carbocycles. The number of aliphatic hydroxyl groups is 1. The Labute approximate surface area is 107 Å². The predicted molar refractivity (Wildman–Crippen MR) is 69.6 cm³/mol. The van der Waals surface area contributed by atoms with E-state index in [1.165, 1.54) is 0 Å². The zero-order chi connectivity index (χ0) is 12.5. The summed E-state index contributed by atoms with van der Waals surface area (Å²) in [6.07, 6.45) is 0. The van der Waals surface area contributed by atoms with Gasteiger partial charge in [-0.05, 0) is 25.5 Å². The molecule has 1 heterocycles. The Balaban J connectivity index is 0.00000162. The van der Waals surface area contributed by atoms with Crippen LogP contribution in [0.4, 0.5) is 0 Å². The predicted octanol–water partition coefficient (Wildman–Crippen LogP) is 2.06. The Morgan fingerprint density at radius 3 is 2.67 bits per heavy atom. The molecule has 0 unspecified atom stereocenters. The molecule has 3 N–H and O–H groups in total. The molecule has 0 amide bonds. The molecule has 1 aromatic heterocycles. The molecule has 0 saturated heterocycles. The van der Waals surface area contributed by atoms with Crippen LogP contribution in [-0.2, 0) is 12.1 Å². The highest BCUT2D eigenvalue weighted by atomic mass is 16.5. The monoisotopic (exact) mass is 249 g/mol. The minimum Gasteiger partial charge on any atom is -0.381 e. The third-order valence-electron chi connectivity index (χ3n) is 2.37. The molecule has 0 radical (unpaired) electrons. The van der Waals surface area contributed by atoms with Crippen molar-refractivity contribution >= 4 is 0 Å². The van der Waals surface area contributed by atoms with Crippen LogP contribution in [0.25, 0.3) is 11.4 Å². The van der Waals surface area contributed by atoms with Gasteiger partial charge in [0.15, 0.2) is 0 Å². The quantitative estimate of drug-likeness (QED) is 0.869. The van der Waals surface area contributed by atoms with Gasteiger partial charge in [-0.25, -0.2) is 0 Å². The van der Waals surface area contributed by atoms with Crippen LogP contribution in [0.5, 0.6) is 0 Å². The molecule has 0 aliphatic heterocycles. The van der Waals surface area contributed by atoms with Crippen molar-refractivity contribution in [3.05, 3.63) is 35.7 Å². The molecule has 0 atom stereocenters. The molecule has 2 rings (SSSR count). The number of nitrogens with two attached hydrogens (primary N) is 1. The van der Waals surface area contributed by atoms with Crippen molar-refractivity contribution in [3.8, 4) is 11.4 Å². The van der Waals surface area contributed by atoms with Gasteiger partial charge in [-0.2, -0.15) is 4.98 Å². The summed E-state index contributed by atoms with van der Waals surface area (Å²) in [5, 5.41) is 13.6. The fraction of sp³-hybridized carbons (Fsp3) is 0.385. The second kappa shape index (κ2) is 5.29. The van der Waals surface area contributed by atoms with Crippen molar-refractivity contribution in [1.82, 2.24) is 10.1 Å². The molecule has 5 nitrogen and oxygen atoms in total. The lowest BCUT2D eigenvalue weighted by Crippen LogP contribution is -2.15. The molecule has 0 bridgehead atoms. The van der Waals surface area contributed by atoms with E-state index in [1.54, 1.807) is 13.8 Å². The summed E-state index contributed by atoms with van der Waals surface area (Å²) in [4.78, 5) is 4.16. The van der Waals surface area contributed by atoms with Gasteiger partial charge in [0.2, 0.25) is 5.82 Å². The third-order valence-corrected chi connectivity index (χ3v) is 2.37. The highest BCUT2D eigenvalue weighted by Gasteiger charge is 2.24.